The molecule has 2 atom stereocenters. The van der Waals surface area contributed by atoms with Gasteiger partial charge in [-0.05, 0) is 44.0 Å². The van der Waals surface area contributed by atoms with Gasteiger partial charge in [-0.25, -0.2) is 0 Å². The second-order valence-corrected chi connectivity index (χ2v) is 11.3. The summed E-state index contributed by atoms with van der Waals surface area (Å²) in [6.07, 6.45) is 1.38. The Morgan fingerprint density at radius 2 is 1.87 bits per heavy atom. The third-order valence-electron chi connectivity index (χ3n) is 8.53. The number of fused-ring (bicyclic) bond motifs is 12. The van der Waals surface area contributed by atoms with Crippen molar-refractivity contribution in [1.29, 1.82) is 0 Å². The number of amides is 3. The van der Waals surface area contributed by atoms with Gasteiger partial charge >= 0.3 is 0 Å². The minimum atomic E-state index is -0.471. The molecule has 0 radical (unpaired) electrons. The van der Waals surface area contributed by atoms with E-state index in [0.717, 1.165) is 5.56 Å². The van der Waals surface area contributed by atoms with Crippen molar-refractivity contribution in [3.63, 3.8) is 0 Å². The molecular formula is C32H39N3O10. The van der Waals surface area contributed by atoms with Crippen LogP contribution in [0.2, 0.25) is 0 Å². The highest BCUT2D eigenvalue weighted by atomic mass is 16.7. The predicted octanol–water partition coefficient (Wildman–Crippen LogP) is 2.28. The number of hydrogen-bond acceptors (Lipinski definition) is 9. The molecule has 0 aromatic heterocycles. The maximum absolute atomic E-state index is 13.5. The normalized spacial score (nSPS) is 22.2. The highest BCUT2D eigenvalue weighted by molar-refractivity contribution is 5.95. The van der Waals surface area contributed by atoms with Gasteiger partial charge in [-0.2, -0.15) is 0 Å². The number of carbonyl (C=O) groups excluding carboxylic acids is 3. The third kappa shape index (κ3) is 7.08. The SMILES string of the molecule is CCOCC(=O)N1C[C@H]2c3cccc4c3OC[C@@]2(CNC(=O)CCCN(C(=O)c2ccc3c(c2)OCO3)CCCO4)C1.O=CO. The van der Waals surface area contributed by atoms with Gasteiger partial charge in [0, 0.05) is 68.2 Å². The van der Waals surface area contributed by atoms with Crippen LogP contribution in [0.5, 0.6) is 23.0 Å². The number of nitrogens with one attached hydrogen (secondary N) is 1. The highest BCUT2D eigenvalue weighted by Crippen LogP contribution is 2.52. The van der Waals surface area contributed by atoms with Gasteiger partial charge in [-0.3, -0.25) is 19.2 Å². The van der Waals surface area contributed by atoms with Crippen LogP contribution in [0.4, 0.5) is 0 Å². The molecule has 13 heteroatoms. The fourth-order valence-corrected chi connectivity index (χ4v) is 6.29. The van der Waals surface area contributed by atoms with Gasteiger partial charge in [0.25, 0.3) is 12.4 Å². The van der Waals surface area contributed by atoms with Gasteiger partial charge in [0.1, 0.15) is 6.61 Å². The number of ether oxygens (including phenoxy) is 5. The maximum atomic E-state index is 13.5. The van der Waals surface area contributed by atoms with E-state index in [1.807, 2.05) is 30.0 Å². The molecule has 45 heavy (non-hydrogen) atoms. The smallest absolute Gasteiger partial charge is 0.290 e. The molecule has 0 unspecified atom stereocenters. The van der Waals surface area contributed by atoms with Gasteiger partial charge in [0.2, 0.25) is 18.6 Å². The number of likely N-dealkylation sites (tertiary alicyclic amines) is 1. The first-order chi connectivity index (χ1) is 21.9. The Hall–Kier alpha value is -4.52. The van der Waals surface area contributed by atoms with Crippen molar-refractivity contribution in [3.8, 4) is 23.0 Å². The van der Waals surface area contributed by atoms with E-state index < -0.39 is 5.41 Å². The second kappa shape index (κ2) is 14.5. The molecule has 5 heterocycles. The van der Waals surface area contributed by atoms with Crippen molar-refractivity contribution >= 4 is 24.2 Å². The summed E-state index contributed by atoms with van der Waals surface area (Å²) < 4.78 is 28.8. The van der Waals surface area contributed by atoms with Crippen LogP contribution in [0.25, 0.3) is 0 Å². The molecule has 1 fully saturated rings. The van der Waals surface area contributed by atoms with E-state index in [2.05, 4.69) is 5.32 Å². The van der Waals surface area contributed by atoms with Crippen LogP contribution in [0, 0.1) is 5.41 Å². The van der Waals surface area contributed by atoms with Gasteiger partial charge in [0.05, 0.1) is 13.2 Å². The molecule has 2 aromatic carbocycles. The fourth-order valence-electron chi connectivity index (χ4n) is 6.29. The van der Waals surface area contributed by atoms with E-state index in [1.54, 1.807) is 23.1 Å². The van der Waals surface area contributed by atoms with E-state index in [4.69, 9.17) is 33.6 Å². The Bertz CT molecular complexity index is 1400. The summed E-state index contributed by atoms with van der Waals surface area (Å²) in [5, 5.41) is 10.0. The number of nitrogens with zero attached hydrogens (tertiary/aromatic N) is 2. The maximum Gasteiger partial charge on any atom is 0.290 e. The van der Waals surface area contributed by atoms with E-state index in [0.29, 0.717) is 93.9 Å². The summed E-state index contributed by atoms with van der Waals surface area (Å²) in [6.45, 7) is 5.26. The van der Waals surface area contributed by atoms with E-state index in [-0.39, 0.29) is 49.9 Å². The molecule has 3 amide bonds. The van der Waals surface area contributed by atoms with Crippen molar-refractivity contribution < 1.29 is 48.0 Å². The van der Waals surface area contributed by atoms with Crippen LogP contribution in [-0.4, -0.2) is 105 Å². The van der Waals surface area contributed by atoms with Crippen molar-refractivity contribution in [2.24, 2.45) is 5.41 Å². The van der Waals surface area contributed by atoms with Gasteiger partial charge in [0.15, 0.2) is 23.0 Å². The van der Waals surface area contributed by atoms with Crippen LogP contribution in [0.15, 0.2) is 36.4 Å². The molecule has 2 aromatic rings. The summed E-state index contributed by atoms with van der Waals surface area (Å²) in [5.74, 6) is 2.20. The van der Waals surface area contributed by atoms with Crippen LogP contribution in [0.1, 0.15) is 48.0 Å². The standard InChI is InChI=1S/C31H37N3O8.CH2O2/c1-2-38-16-28(36)34-15-23-22-6-3-7-25-29(22)40-19-31(23,18-34)17-32-27(35)8-4-11-33(12-5-13-39-25)30(37)21-9-10-24-26(14-21)42-20-41-24;2-1-3/h3,6-7,9-10,14,23H,2,4-5,8,11-13,15-20H2,1H3,(H,32,35);1H,(H,2,3)/t23-,31+;/m0./s1. The molecule has 4 bridgehead atoms. The van der Waals surface area contributed by atoms with Crippen molar-refractivity contribution in [3.05, 3.63) is 47.5 Å². The Labute approximate surface area is 261 Å². The molecule has 2 N–H and O–H groups in total. The van der Waals surface area contributed by atoms with Gasteiger partial charge < -0.3 is 43.9 Å². The molecule has 242 valence electrons. The zero-order valence-corrected chi connectivity index (χ0v) is 25.3. The summed E-state index contributed by atoms with van der Waals surface area (Å²) in [7, 11) is 0. The average Bonchev–Trinajstić information content (AvgIpc) is 3.68. The molecule has 5 aliphatic rings. The van der Waals surface area contributed by atoms with Crippen LogP contribution >= 0.6 is 0 Å². The van der Waals surface area contributed by atoms with E-state index in [1.165, 1.54) is 0 Å². The molecule has 7 rings (SSSR count). The molecule has 1 spiro atoms. The number of carboxylic acid groups (broad SMARTS) is 1. The molecule has 0 saturated carbocycles. The zero-order chi connectivity index (χ0) is 31.8. The van der Waals surface area contributed by atoms with Crippen molar-refractivity contribution in [1.82, 2.24) is 15.1 Å². The van der Waals surface area contributed by atoms with Crippen LogP contribution in [-0.2, 0) is 19.1 Å². The summed E-state index contributed by atoms with van der Waals surface area (Å²) >= 11 is 0. The summed E-state index contributed by atoms with van der Waals surface area (Å²) in [4.78, 5) is 51.4. The Balaban J connectivity index is 0.00000128. The van der Waals surface area contributed by atoms with Gasteiger partial charge in [-0.15, -0.1) is 0 Å². The summed E-state index contributed by atoms with van der Waals surface area (Å²) in [5.41, 5.74) is 1.02. The average molecular weight is 626 g/mol. The second-order valence-electron chi connectivity index (χ2n) is 11.3. The highest BCUT2D eigenvalue weighted by Gasteiger charge is 2.53. The lowest BCUT2D eigenvalue weighted by Crippen LogP contribution is -2.48. The lowest BCUT2D eigenvalue weighted by Gasteiger charge is -2.40. The minimum Gasteiger partial charge on any atom is -0.490 e. The molecule has 0 aliphatic carbocycles. The largest absolute Gasteiger partial charge is 0.490 e. The topological polar surface area (TPSA) is 153 Å². The van der Waals surface area contributed by atoms with Crippen LogP contribution in [0.3, 0.4) is 0 Å². The first kappa shape index (κ1) is 31.9. The van der Waals surface area contributed by atoms with E-state index in [9.17, 15) is 14.4 Å². The quantitative estimate of drug-likeness (QED) is 0.484. The van der Waals surface area contributed by atoms with Gasteiger partial charge in [-0.1, -0.05) is 12.1 Å². The fraction of sp³-hybridized carbons (Fsp3) is 0.500. The molecule has 1 saturated heterocycles. The summed E-state index contributed by atoms with van der Waals surface area (Å²) in [6, 6.07) is 11.0. The minimum absolute atomic E-state index is 0.0154. The number of para-hydroxylation sites is 1. The zero-order valence-electron chi connectivity index (χ0n) is 25.3. The van der Waals surface area contributed by atoms with Crippen molar-refractivity contribution in [2.75, 3.05) is 65.9 Å². The monoisotopic (exact) mass is 625 g/mol. The Morgan fingerprint density at radius 1 is 1.07 bits per heavy atom. The number of hydrogen-bond donors (Lipinski definition) is 2. The van der Waals surface area contributed by atoms with Crippen molar-refractivity contribution in [2.45, 2.75) is 32.1 Å². The number of rotatable bonds is 4. The number of carbonyl (C=O) groups is 4. The number of benzene rings is 2. The lowest BCUT2D eigenvalue weighted by molar-refractivity contribution is -0.135. The third-order valence-corrected chi connectivity index (χ3v) is 8.53. The predicted molar refractivity (Wildman–Crippen MR) is 160 cm³/mol. The molecule has 5 aliphatic heterocycles. The first-order valence-corrected chi connectivity index (χ1v) is 15.2. The first-order valence-electron chi connectivity index (χ1n) is 15.2. The Kier molecular flexibility index (Phi) is 10.3. The Morgan fingerprint density at radius 3 is 2.69 bits per heavy atom. The lowest BCUT2D eigenvalue weighted by atomic mass is 9.73. The van der Waals surface area contributed by atoms with E-state index >= 15 is 0 Å². The van der Waals surface area contributed by atoms with Crippen LogP contribution < -0.4 is 24.3 Å². The molecular weight excluding hydrogens is 586 g/mol. The molecule has 13 nitrogen and oxygen atoms in total.